The molecule has 2 atom stereocenters. The van der Waals surface area contributed by atoms with Crippen LogP contribution in [0.4, 0.5) is 0 Å². The molecule has 18 heavy (non-hydrogen) atoms. The van der Waals surface area contributed by atoms with Crippen molar-refractivity contribution >= 4 is 5.97 Å². The van der Waals surface area contributed by atoms with E-state index in [9.17, 15) is 4.79 Å². The minimum atomic E-state index is -0.685. The summed E-state index contributed by atoms with van der Waals surface area (Å²) in [6.07, 6.45) is 0.966. The molecule has 3 N–H and O–H groups in total. The van der Waals surface area contributed by atoms with Crippen LogP contribution >= 0.6 is 0 Å². The van der Waals surface area contributed by atoms with Crippen molar-refractivity contribution in [3.63, 3.8) is 0 Å². The van der Waals surface area contributed by atoms with E-state index < -0.39 is 12.0 Å². The molecule has 1 aromatic carbocycles. The highest BCUT2D eigenvalue weighted by Gasteiger charge is 2.23. The molecule has 1 fully saturated rings. The van der Waals surface area contributed by atoms with Gasteiger partial charge in [0.1, 0.15) is 17.9 Å². The van der Waals surface area contributed by atoms with Gasteiger partial charge < -0.3 is 20.3 Å². The molecule has 1 aliphatic heterocycles. The summed E-state index contributed by atoms with van der Waals surface area (Å²) >= 11 is 0. The second kappa shape index (κ2) is 5.84. The van der Waals surface area contributed by atoms with Crippen molar-refractivity contribution in [3.8, 4) is 5.75 Å². The molecular weight excluding hydrogens is 234 g/mol. The van der Waals surface area contributed by atoms with Crippen LogP contribution in [-0.4, -0.2) is 36.4 Å². The third-order valence-electron chi connectivity index (χ3n) is 2.87. The minimum Gasteiger partial charge on any atom is -0.508 e. The molecule has 0 spiro atoms. The van der Waals surface area contributed by atoms with Gasteiger partial charge in [0.2, 0.25) is 0 Å². The second-order valence-corrected chi connectivity index (χ2v) is 4.40. The monoisotopic (exact) mass is 251 g/mol. The number of nitrogens with two attached hydrogens (primary N) is 1. The summed E-state index contributed by atoms with van der Waals surface area (Å²) in [5.41, 5.74) is 6.68. The summed E-state index contributed by atoms with van der Waals surface area (Å²) < 4.78 is 10.4. The highest BCUT2D eigenvalue weighted by molar-refractivity contribution is 5.76. The summed E-state index contributed by atoms with van der Waals surface area (Å²) in [7, 11) is 0. The number of esters is 1. The molecule has 0 aliphatic carbocycles. The van der Waals surface area contributed by atoms with Gasteiger partial charge in [0.15, 0.2) is 0 Å². The van der Waals surface area contributed by atoms with E-state index in [0.717, 1.165) is 12.0 Å². The average Bonchev–Trinajstić information content (AvgIpc) is 2.85. The average molecular weight is 251 g/mol. The van der Waals surface area contributed by atoms with Crippen LogP contribution in [0.25, 0.3) is 0 Å². The van der Waals surface area contributed by atoms with Crippen molar-refractivity contribution in [1.29, 1.82) is 0 Å². The first-order valence-electron chi connectivity index (χ1n) is 5.97. The number of hydrogen-bond acceptors (Lipinski definition) is 5. The fourth-order valence-corrected chi connectivity index (χ4v) is 1.83. The summed E-state index contributed by atoms with van der Waals surface area (Å²) in [5, 5.41) is 9.15. The van der Waals surface area contributed by atoms with E-state index in [4.69, 9.17) is 20.3 Å². The number of carbonyl (C=O) groups is 1. The maximum atomic E-state index is 11.7. The quantitative estimate of drug-likeness (QED) is 0.765. The Kier molecular flexibility index (Phi) is 4.17. The van der Waals surface area contributed by atoms with Crippen molar-refractivity contribution in [1.82, 2.24) is 0 Å². The number of ether oxygens (including phenoxy) is 2. The van der Waals surface area contributed by atoms with Gasteiger partial charge in [-0.3, -0.25) is 4.79 Å². The van der Waals surface area contributed by atoms with Crippen LogP contribution in [0.3, 0.4) is 0 Å². The standard InChI is InChI=1S/C13H17NO4/c14-12(7-9-1-3-10(15)4-2-9)13(16)18-11-5-6-17-8-11/h1-4,11-12,15H,5-8,14H2/t11?,12-/m1/s1. The molecular formula is C13H17NO4. The topological polar surface area (TPSA) is 81.8 Å². The van der Waals surface area contributed by atoms with Crippen LogP contribution in [-0.2, 0) is 20.7 Å². The molecule has 5 heteroatoms. The number of phenolic OH excluding ortho intramolecular Hbond substituents is 1. The molecule has 5 nitrogen and oxygen atoms in total. The molecule has 1 unspecified atom stereocenters. The lowest BCUT2D eigenvalue weighted by atomic mass is 10.1. The molecule has 0 bridgehead atoms. The Morgan fingerprint density at radius 3 is 2.83 bits per heavy atom. The first-order valence-corrected chi connectivity index (χ1v) is 5.97. The highest BCUT2D eigenvalue weighted by atomic mass is 16.6. The van der Waals surface area contributed by atoms with Gasteiger partial charge in [-0.25, -0.2) is 0 Å². The Balaban J connectivity index is 1.84. The molecule has 2 rings (SSSR count). The summed E-state index contributed by atoms with van der Waals surface area (Å²) in [4.78, 5) is 11.7. The predicted octanol–water partition coefficient (Wildman–Crippen LogP) is 0.594. The zero-order chi connectivity index (χ0) is 13.0. The fraction of sp³-hybridized carbons (Fsp3) is 0.462. The second-order valence-electron chi connectivity index (χ2n) is 4.40. The van der Waals surface area contributed by atoms with Crippen molar-refractivity contribution in [3.05, 3.63) is 29.8 Å². The minimum absolute atomic E-state index is 0.164. The Labute approximate surface area is 106 Å². The maximum Gasteiger partial charge on any atom is 0.323 e. The molecule has 98 valence electrons. The highest BCUT2D eigenvalue weighted by Crippen LogP contribution is 2.13. The van der Waals surface area contributed by atoms with Crippen molar-refractivity contribution in [2.75, 3.05) is 13.2 Å². The number of aromatic hydroxyl groups is 1. The first kappa shape index (κ1) is 12.9. The number of benzene rings is 1. The van der Waals surface area contributed by atoms with E-state index in [1.165, 1.54) is 0 Å². The smallest absolute Gasteiger partial charge is 0.323 e. The summed E-state index contributed by atoms with van der Waals surface area (Å²) in [5.74, 6) is -0.212. The van der Waals surface area contributed by atoms with Gasteiger partial charge in [-0.05, 0) is 24.1 Å². The van der Waals surface area contributed by atoms with E-state index >= 15 is 0 Å². The molecule has 0 saturated carbocycles. The van der Waals surface area contributed by atoms with Crippen molar-refractivity contribution in [2.24, 2.45) is 5.73 Å². The maximum absolute atomic E-state index is 11.7. The van der Waals surface area contributed by atoms with E-state index in [1.54, 1.807) is 24.3 Å². The van der Waals surface area contributed by atoms with Crippen LogP contribution in [0.2, 0.25) is 0 Å². The van der Waals surface area contributed by atoms with E-state index in [1.807, 2.05) is 0 Å². The lowest BCUT2D eigenvalue weighted by Gasteiger charge is -2.15. The number of hydrogen-bond donors (Lipinski definition) is 2. The van der Waals surface area contributed by atoms with Crippen LogP contribution in [0.5, 0.6) is 5.75 Å². The molecule has 0 aromatic heterocycles. The lowest BCUT2D eigenvalue weighted by molar-refractivity contribution is -0.150. The van der Waals surface area contributed by atoms with Gasteiger partial charge in [0.05, 0.1) is 13.2 Å². The summed E-state index contributed by atoms with van der Waals surface area (Å²) in [6, 6.07) is 5.92. The largest absolute Gasteiger partial charge is 0.508 e. The van der Waals surface area contributed by atoms with Crippen LogP contribution in [0.1, 0.15) is 12.0 Å². The van der Waals surface area contributed by atoms with Crippen LogP contribution in [0, 0.1) is 0 Å². The Morgan fingerprint density at radius 2 is 2.22 bits per heavy atom. The third kappa shape index (κ3) is 3.45. The normalized spacial score (nSPS) is 20.6. The van der Waals surface area contributed by atoms with Gasteiger partial charge >= 0.3 is 5.97 Å². The zero-order valence-corrected chi connectivity index (χ0v) is 10.0. The summed E-state index contributed by atoms with van der Waals surface area (Å²) in [6.45, 7) is 1.09. The lowest BCUT2D eigenvalue weighted by Crippen LogP contribution is -2.36. The first-order chi connectivity index (χ1) is 8.65. The Bertz CT molecular complexity index is 398. The van der Waals surface area contributed by atoms with Gasteiger partial charge in [0.25, 0.3) is 0 Å². The SMILES string of the molecule is N[C@H](Cc1ccc(O)cc1)C(=O)OC1CCOC1. The number of rotatable bonds is 4. The Morgan fingerprint density at radius 1 is 1.50 bits per heavy atom. The zero-order valence-electron chi connectivity index (χ0n) is 10.0. The molecule has 0 amide bonds. The van der Waals surface area contributed by atoms with Crippen LogP contribution in [0.15, 0.2) is 24.3 Å². The molecule has 1 saturated heterocycles. The van der Waals surface area contributed by atoms with Gasteiger partial charge in [-0.2, -0.15) is 0 Å². The van der Waals surface area contributed by atoms with Gasteiger partial charge in [-0.1, -0.05) is 12.1 Å². The van der Waals surface area contributed by atoms with E-state index in [2.05, 4.69) is 0 Å². The van der Waals surface area contributed by atoms with Gasteiger partial charge in [0, 0.05) is 6.42 Å². The van der Waals surface area contributed by atoms with Gasteiger partial charge in [-0.15, -0.1) is 0 Å². The van der Waals surface area contributed by atoms with E-state index in [-0.39, 0.29) is 11.9 Å². The molecule has 1 aliphatic rings. The molecule has 1 aromatic rings. The number of phenols is 1. The van der Waals surface area contributed by atoms with Crippen LogP contribution < -0.4 is 5.73 Å². The fourth-order valence-electron chi connectivity index (χ4n) is 1.83. The predicted molar refractivity (Wildman–Crippen MR) is 65.1 cm³/mol. The van der Waals surface area contributed by atoms with E-state index in [0.29, 0.717) is 19.6 Å². The molecule has 1 heterocycles. The van der Waals surface area contributed by atoms with Crippen molar-refractivity contribution < 1.29 is 19.4 Å². The molecule has 0 radical (unpaired) electrons. The number of carbonyl (C=O) groups excluding carboxylic acids is 1. The third-order valence-corrected chi connectivity index (χ3v) is 2.87. The van der Waals surface area contributed by atoms with Crippen molar-refractivity contribution in [2.45, 2.75) is 25.0 Å². The Hall–Kier alpha value is -1.59.